The van der Waals surface area contributed by atoms with E-state index in [1.807, 2.05) is 0 Å². The number of carbonyl (C=O) groups is 1. The Kier molecular flexibility index (Phi) is 9.98. The molecule has 0 radical (unpaired) electrons. The van der Waals surface area contributed by atoms with Crippen LogP contribution < -0.4 is 9.46 Å². The topological polar surface area (TPSA) is 78.9 Å². The van der Waals surface area contributed by atoms with E-state index in [9.17, 15) is 22.0 Å². The van der Waals surface area contributed by atoms with Crippen LogP contribution in [0.2, 0.25) is 10.0 Å². The van der Waals surface area contributed by atoms with Crippen molar-refractivity contribution in [2.75, 3.05) is 30.9 Å². The molecule has 0 atom stereocenters. The van der Waals surface area contributed by atoms with Crippen molar-refractivity contribution >= 4 is 44.8 Å². The van der Waals surface area contributed by atoms with E-state index in [1.165, 1.54) is 66.7 Å². The molecule has 48 heavy (non-hydrogen) atoms. The van der Waals surface area contributed by atoms with Gasteiger partial charge in [0.1, 0.15) is 23.1 Å². The highest BCUT2D eigenvalue weighted by atomic mass is 35.5. The summed E-state index contributed by atoms with van der Waals surface area (Å²) in [6, 6.07) is 29.2. The van der Waals surface area contributed by atoms with E-state index in [-0.39, 0.29) is 38.8 Å². The molecule has 1 saturated heterocycles. The fourth-order valence-electron chi connectivity index (χ4n) is 5.59. The van der Waals surface area contributed by atoms with Gasteiger partial charge in [-0.1, -0.05) is 59.6 Å². The first-order chi connectivity index (χ1) is 23.1. The molecule has 1 N–H and O–H groups in total. The van der Waals surface area contributed by atoms with Crippen LogP contribution in [0.25, 0.3) is 0 Å². The smallest absolute Gasteiger partial charge is 0.261 e. The number of piperazine rings is 1. The number of ether oxygens (including phenoxy) is 1. The van der Waals surface area contributed by atoms with Gasteiger partial charge in [0.05, 0.1) is 27.2 Å². The molecule has 0 spiro atoms. The van der Waals surface area contributed by atoms with Crippen molar-refractivity contribution in [3.8, 4) is 11.5 Å². The number of halogens is 4. The summed E-state index contributed by atoms with van der Waals surface area (Å²) in [6.07, 6.45) is 0. The van der Waals surface area contributed by atoms with Gasteiger partial charge >= 0.3 is 0 Å². The predicted octanol–water partition coefficient (Wildman–Crippen LogP) is 8.41. The summed E-state index contributed by atoms with van der Waals surface area (Å²) in [5.41, 5.74) is 1.85. The number of nitrogens with one attached hydrogen (secondary N) is 1. The Morgan fingerprint density at radius 3 is 1.92 bits per heavy atom. The lowest BCUT2D eigenvalue weighted by Gasteiger charge is -2.40. The van der Waals surface area contributed by atoms with E-state index < -0.39 is 15.9 Å². The maximum absolute atomic E-state index is 13.8. The third-order valence-corrected chi connectivity index (χ3v) is 9.92. The van der Waals surface area contributed by atoms with Crippen molar-refractivity contribution in [1.82, 2.24) is 9.80 Å². The largest absolute Gasteiger partial charge is 0.456 e. The average Bonchev–Trinajstić information content (AvgIpc) is 3.08. The van der Waals surface area contributed by atoms with Crippen molar-refractivity contribution in [2.24, 2.45) is 0 Å². The van der Waals surface area contributed by atoms with Crippen molar-refractivity contribution < 1.29 is 26.7 Å². The number of hydrogen-bond acceptors (Lipinski definition) is 5. The first-order valence-corrected chi connectivity index (χ1v) is 17.2. The number of nitrogens with zero attached hydrogens (tertiary/aromatic N) is 2. The molecule has 246 valence electrons. The second-order valence-electron chi connectivity index (χ2n) is 11.1. The minimum Gasteiger partial charge on any atom is -0.456 e. The molecule has 1 heterocycles. The molecule has 6 rings (SSSR count). The molecule has 1 aliphatic heterocycles. The van der Waals surface area contributed by atoms with E-state index in [0.717, 1.165) is 11.1 Å². The first-order valence-electron chi connectivity index (χ1n) is 15.0. The normalized spacial score (nSPS) is 13.8. The number of amides is 1. The third-order valence-electron chi connectivity index (χ3n) is 7.99. The highest BCUT2D eigenvalue weighted by Gasteiger charge is 2.30. The summed E-state index contributed by atoms with van der Waals surface area (Å²) in [5.74, 6) is -0.290. The second kappa shape index (κ2) is 14.3. The molecular formula is C36H29Cl2F2N3O4S. The molecule has 12 heteroatoms. The van der Waals surface area contributed by atoms with Crippen LogP contribution in [0, 0.1) is 11.6 Å². The molecule has 5 aromatic carbocycles. The number of sulfonamides is 1. The second-order valence-corrected chi connectivity index (χ2v) is 13.7. The van der Waals surface area contributed by atoms with Gasteiger partial charge in [0.2, 0.25) is 0 Å². The van der Waals surface area contributed by atoms with Crippen molar-refractivity contribution in [2.45, 2.75) is 10.9 Å². The molecule has 1 amide bonds. The predicted molar refractivity (Wildman–Crippen MR) is 182 cm³/mol. The van der Waals surface area contributed by atoms with E-state index in [1.54, 1.807) is 53.4 Å². The standard InChI is InChI=1S/C36H29Cl2F2N3O4S/c37-26-9-18-33(41-48(45,46)30-16-14-29(15-17-30)47-34-4-2-1-3-32(34)38)31(23-26)36(44)43-21-19-42(20-22-43)35(24-5-10-27(39)11-6-24)25-7-12-28(40)13-8-25/h1-18,23,35,41H,19-22H2. The molecular weight excluding hydrogens is 679 g/mol. The van der Waals surface area contributed by atoms with E-state index in [4.69, 9.17) is 27.9 Å². The number of hydrogen-bond donors (Lipinski definition) is 1. The van der Waals surface area contributed by atoms with Crippen LogP contribution in [0.5, 0.6) is 11.5 Å². The van der Waals surface area contributed by atoms with Crippen LogP contribution in [-0.4, -0.2) is 50.3 Å². The van der Waals surface area contributed by atoms with Crippen LogP contribution in [0.1, 0.15) is 27.5 Å². The third kappa shape index (κ3) is 7.63. The molecule has 0 aromatic heterocycles. The number of rotatable bonds is 9. The minimum atomic E-state index is -4.11. The first kappa shape index (κ1) is 33.4. The Balaban J connectivity index is 1.17. The summed E-state index contributed by atoms with van der Waals surface area (Å²) in [7, 11) is -4.11. The zero-order valence-electron chi connectivity index (χ0n) is 25.3. The van der Waals surface area contributed by atoms with E-state index in [0.29, 0.717) is 42.7 Å². The van der Waals surface area contributed by atoms with Gasteiger partial charge in [0, 0.05) is 31.2 Å². The van der Waals surface area contributed by atoms with Gasteiger partial charge < -0.3 is 9.64 Å². The number of para-hydroxylation sites is 1. The van der Waals surface area contributed by atoms with Crippen LogP contribution in [0.4, 0.5) is 14.5 Å². The maximum Gasteiger partial charge on any atom is 0.261 e. The van der Waals surface area contributed by atoms with Gasteiger partial charge in [-0.2, -0.15) is 0 Å². The zero-order valence-corrected chi connectivity index (χ0v) is 27.7. The molecule has 0 bridgehead atoms. The van der Waals surface area contributed by atoms with Gasteiger partial charge in [0.15, 0.2) is 0 Å². The van der Waals surface area contributed by atoms with E-state index >= 15 is 0 Å². The molecule has 1 aliphatic rings. The lowest BCUT2D eigenvalue weighted by molar-refractivity contribution is 0.0598. The zero-order chi connectivity index (χ0) is 33.8. The van der Waals surface area contributed by atoms with Gasteiger partial charge in [-0.15, -0.1) is 0 Å². The van der Waals surface area contributed by atoms with Crippen LogP contribution in [0.15, 0.2) is 120 Å². The van der Waals surface area contributed by atoms with Crippen LogP contribution >= 0.6 is 23.2 Å². The van der Waals surface area contributed by atoms with Crippen LogP contribution in [0.3, 0.4) is 0 Å². The van der Waals surface area contributed by atoms with Gasteiger partial charge in [-0.05, 0) is 90.0 Å². The number of anilines is 1. The minimum absolute atomic E-state index is 0.0383. The fourth-order valence-corrected chi connectivity index (χ4v) is 7.01. The molecule has 7 nitrogen and oxygen atoms in total. The Hall–Kier alpha value is -4.48. The fraction of sp³-hybridized carbons (Fsp3) is 0.139. The summed E-state index contributed by atoms with van der Waals surface area (Å²) < 4.78 is 62.6. The molecule has 0 unspecified atom stereocenters. The van der Waals surface area contributed by atoms with Gasteiger partial charge in [0.25, 0.3) is 15.9 Å². The lowest BCUT2D eigenvalue weighted by Crippen LogP contribution is -2.50. The van der Waals surface area contributed by atoms with Crippen LogP contribution in [-0.2, 0) is 10.0 Å². The van der Waals surface area contributed by atoms with Crippen molar-refractivity contribution in [1.29, 1.82) is 0 Å². The maximum atomic E-state index is 13.8. The lowest BCUT2D eigenvalue weighted by atomic mass is 9.96. The highest BCUT2D eigenvalue weighted by Crippen LogP contribution is 2.33. The van der Waals surface area contributed by atoms with Gasteiger partial charge in [-0.25, -0.2) is 17.2 Å². The summed E-state index contributed by atoms with van der Waals surface area (Å²) in [6.45, 7) is 1.55. The van der Waals surface area contributed by atoms with E-state index in [2.05, 4.69) is 9.62 Å². The van der Waals surface area contributed by atoms with Gasteiger partial charge in [-0.3, -0.25) is 14.4 Å². The number of benzene rings is 5. The summed E-state index contributed by atoms with van der Waals surface area (Å²) in [4.78, 5) is 17.6. The molecule has 5 aromatic rings. The summed E-state index contributed by atoms with van der Waals surface area (Å²) >= 11 is 12.4. The molecule has 0 aliphatic carbocycles. The Morgan fingerprint density at radius 2 is 1.33 bits per heavy atom. The SMILES string of the molecule is O=C(c1cc(Cl)ccc1NS(=O)(=O)c1ccc(Oc2ccccc2Cl)cc1)N1CCN(C(c2ccc(F)cc2)c2ccc(F)cc2)CC1. The Bertz CT molecular complexity index is 1980. The monoisotopic (exact) mass is 707 g/mol. The molecule has 1 fully saturated rings. The Labute approximate surface area is 287 Å². The molecule has 0 saturated carbocycles. The van der Waals surface area contributed by atoms with Crippen molar-refractivity contribution in [3.05, 3.63) is 154 Å². The van der Waals surface area contributed by atoms with Crippen molar-refractivity contribution in [3.63, 3.8) is 0 Å². The summed E-state index contributed by atoms with van der Waals surface area (Å²) in [5, 5.41) is 0.687. The highest BCUT2D eigenvalue weighted by molar-refractivity contribution is 7.92. The average molecular weight is 709 g/mol. The quantitative estimate of drug-likeness (QED) is 0.166. The number of carbonyl (C=O) groups excluding carboxylic acids is 1. The Morgan fingerprint density at radius 1 is 0.750 bits per heavy atom.